The molecule has 0 unspecified atom stereocenters. The van der Waals surface area contributed by atoms with Crippen molar-refractivity contribution < 1.29 is 32.3 Å². The zero-order valence-corrected chi connectivity index (χ0v) is 31.3. The first-order valence-corrected chi connectivity index (χ1v) is 18.4. The van der Waals surface area contributed by atoms with E-state index in [0.717, 1.165) is 56.9 Å². The molecule has 5 N–H and O–H groups in total. The van der Waals surface area contributed by atoms with Crippen LogP contribution in [0.3, 0.4) is 0 Å². The molecule has 54 heavy (non-hydrogen) atoms. The average Bonchev–Trinajstić information content (AvgIpc) is 3.96. The van der Waals surface area contributed by atoms with Crippen LogP contribution >= 0.6 is 11.6 Å². The summed E-state index contributed by atoms with van der Waals surface area (Å²) in [5, 5.41) is 16.3. The molecule has 5 rings (SSSR count). The van der Waals surface area contributed by atoms with E-state index in [2.05, 4.69) is 41.5 Å². The molecule has 2 aromatic carbocycles. The summed E-state index contributed by atoms with van der Waals surface area (Å²) in [5.74, 6) is -0.953. The van der Waals surface area contributed by atoms with E-state index in [-0.39, 0.29) is 29.5 Å². The number of hydrogen-bond acceptors (Lipinski definition) is 11. The third-order valence-electron chi connectivity index (χ3n) is 9.37. The van der Waals surface area contributed by atoms with Crippen LogP contribution in [-0.4, -0.2) is 64.8 Å². The number of hydrogen-bond donors (Lipinski definition) is 5. The van der Waals surface area contributed by atoms with E-state index in [1.54, 1.807) is 43.3 Å². The third kappa shape index (κ3) is 11.8. The Hall–Kier alpha value is -4.92. The van der Waals surface area contributed by atoms with Crippen LogP contribution in [0.5, 0.6) is 6.01 Å². The summed E-state index contributed by atoms with van der Waals surface area (Å²) < 4.78 is 43.8. The number of nitrogens with zero attached hydrogens (tertiary/aromatic N) is 3. The summed E-state index contributed by atoms with van der Waals surface area (Å²) in [6.45, 7) is 4.83. The predicted molar refractivity (Wildman–Crippen MR) is 200 cm³/mol. The van der Waals surface area contributed by atoms with Crippen molar-refractivity contribution in [3.05, 3.63) is 76.1 Å². The Morgan fingerprint density at radius 1 is 0.907 bits per heavy atom. The Kier molecular flexibility index (Phi) is 13.0. The number of halogens is 4. The zero-order valence-electron chi connectivity index (χ0n) is 30.5. The quantitative estimate of drug-likeness (QED) is 0.0418. The first-order valence-electron chi connectivity index (χ1n) is 18.0. The number of allylic oxidation sites excluding steroid dienone is 2. The highest BCUT2D eigenvalue weighted by molar-refractivity contribution is 6.33. The number of benzene rings is 2. The van der Waals surface area contributed by atoms with Gasteiger partial charge in [-0.25, -0.2) is 0 Å². The van der Waals surface area contributed by atoms with Gasteiger partial charge in [0.05, 0.1) is 5.54 Å². The molecule has 290 valence electrons. The number of rotatable bonds is 17. The van der Waals surface area contributed by atoms with Crippen LogP contribution in [0.15, 0.2) is 59.9 Å². The van der Waals surface area contributed by atoms with Crippen molar-refractivity contribution in [2.75, 3.05) is 30.3 Å². The van der Waals surface area contributed by atoms with Crippen molar-refractivity contribution in [3.8, 4) is 6.01 Å². The highest BCUT2D eigenvalue weighted by Gasteiger charge is 2.45. The van der Waals surface area contributed by atoms with Crippen LogP contribution in [0.1, 0.15) is 88.1 Å². The van der Waals surface area contributed by atoms with Gasteiger partial charge in [0, 0.05) is 41.1 Å². The minimum atomic E-state index is -4.60. The Morgan fingerprint density at radius 3 is 2.15 bits per heavy atom. The molecule has 1 amide bonds. The molecule has 12 nitrogen and oxygen atoms in total. The zero-order chi connectivity index (χ0) is 38.9. The summed E-state index contributed by atoms with van der Waals surface area (Å²) >= 11 is 6.05. The second-order valence-corrected chi connectivity index (χ2v) is 15.0. The summed E-state index contributed by atoms with van der Waals surface area (Å²) in [4.78, 5) is 49.5. The largest absolute Gasteiger partial charge is 0.454 e. The third-order valence-corrected chi connectivity index (χ3v) is 9.62. The SMILES string of the molecule is C/C(NCC(C)(C)CNC(=O)c1ccc(Nc2nc(NC3(c4ccc(Cl)cc4)CC3)nc(OCC(F)(F)F)n2)cc1)=C(/NC1CCCCCC1)C(=O)C=O. The number of Topliss-reactive ketones (excluding diaryl/α,β-unsaturated/α-hetero) is 1. The van der Waals surface area contributed by atoms with Crippen LogP contribution in [0.2, 0.25) is 5.02 Å². The molecule has 2 aliphatic rings. The van der Waals surface area contributed by atoms with Gasteiger partial charge in [-0.1, -0.05) is 63.3 Å². The maximum atomic E-state index is 13.1. The fourth-order valence-electron chi connectivity index (χ4n) is 6.10. The van der Waals surface area contributed by atoms with E-state index in [4.69, 9.17) is 16.3 Å². The Bertz CT molecular complexity index is 1810. The lowest BCUT2D eigenvalue weighted by Crippen LogP contribution is -2.41. The molecular weight excluding hydrogens is 725 g/mol. The molecule has 16 heteroatoms. The Labute approximate surface area is 317 Å². The van der Waals surface area contributed by atoms with Gasteiger partial charge < -0.3 is 31.3 Å². The van der Waals surface area contributed by atoms with E-state index < -0.39 is 35.5 Å². The Morgan fingerprint density at radius 2 is 1.54 bits per heavy atom. The number of carbonyl (C=O) groups is 3. The van der Waals surface area contributed by atoms with E-state index in [9.17, 15) is 27.6 Å². The van der Waals surface area contributed by atoms with Gasteiger partial charge in [0.2, 0.25) is 17.7 Å². The highest BCUT2D eigenvalue weighted by atomic mass is 35.5. The standard InChI is InChI=1S/C38H46ClF3N8O4/c1-24(31(30(52)20-51)45-28-8-6-4-5-7-9-28)43-21-36(2,3)22-44-32(53)25-10-16-29(17-11-25)46-33-47-34(49-35(48-33)54-23-38(40,41)42)50-37(18-19-37)26-12-14-27(39)15-13-26/h10-17,20,28,43,45H,4-9,18-19,21-23H2,1-3H3,(H,44,53)(H2,46,47,48,49,50)/b31-24-. The van der Waals surface area contributed by atoms with Gasteiger partial charge in [0.25, 0.3) is 5.91 Å². The predicted octanol–water partition coefficient (Wildman–Crippen LogP) is 6.97. The van der Waals surface area contributed by atoms with E-state index in [1.807, 2.05) is 26.0 Å². The highest BCUT2D eigenvalue weighted by Crippen LogP contribution is 2.48. The number of anilines is 3. The van der Waals surface area contributed by atoms with Crippen LogP contribution in [0.4, 0.5) is 30.8 Å². The van der Waals surface area contributed by atoms with Crippen molar-refractivity contribution in [2.24, 2.45) is 5.41 Å². The number of ketones is 1. The smallest absolute Gasteiger partial charge is 0.422 e. The van der Waals surface area contributed by atoms with Crippen molar-refractivity contribution >= 4 is 47.2 Å². The molecule has 3 aromatic rings. The topological polar surface area (TPSA) is 159 Å². The van der Waals surface area contributed by atoms with Gasteiger partial charge in [-0.15, -0.1) is 0 Å². The maximum Gasteiger partial charge on any atom is 0.422 e. The number of aldehydes is 1. The Balaban J connectivity index is 1.20. The first kappa shape index (κ1) is 40.3. The second kappa shape index (κ2) is 17.5. The van der Waals surface area contributed by atoms with E-state index in [0.29, 0.717) is 41.3 Å². The summed E-state index contributed by atoms with van der Waals surface area (Å²) in [7, 11) is 0. The number of alkyl halides is 3. The normalized spacial score (nSPS) is 16.3. The molecule has 0 aliphatic heterocycles. The maximum absolute atomic E-state index is 13.1. The van der Waals surface area contributed by atoms with Gasteiger partial charge in [0.15, 0.2) is 12.9 Å². The number of amides is 1. The van der Waals surface area contributed by atoms with Crippen LogP contribution in [-0.2, 0) is 15.1 Å². The van der Waals surface area contributed by atoms with Crippen molar-refractivity contribution in [2.45, 2.75) is 89.9 Å². The molecule has 0 radical (unpaired) electrons. The van der Waals surface area contributed by atoms with Gasteiger partial charge >= 0.3 is 12.2 Å². The lowest BCUT2D eigenvalue weighted by Gasteiger charge is -2.27. The van der Waals surface area contributed by atoms with Crippen LogP contribution < -0.4 is 31.3 Å². The fourth-order valence-corrected chi connectivity index (χ4v) is 6.23. The number of ether oxygens (including phenoxy) is 1. The van der Waals surface area contributed by atoms with E-state index in [1.165, 1.54) is 0 Å². The summed E-state index contributed by atoms with van der Waals surface area (Å²) in [5.41, 5.74) is 1.68. The van der Waals surface area contributed by atoms with Gasteiger partial charge in [0.1, 0.15) is 5.70 Å². The van der Waals surface area contributed by atoms with Crippen molar-refractivity contribution in [1.29, 1.82) is 0 Å². The molecule has 0 bridgehead atoms. The average molecular weight is 771 g/mol. The molecular formula is C38H46ClF3N8O4. The molecule has 2 saturated carbocycles. The number of nitrogens with one attached hydrogen (secondary N) is 5. The van der Waals surface area contributed by atoms with Crippen LogP contribution in [0.25, 0.3) is 0 Å². The van der Waals surface area contributed by atoms with Crippen molar-refractivity contribution in [3.63, 3.8) is 0 Å². The molecule has 0 atom stereocenters. The summed E-state index contributed by atoms with van der Waals surface area (Å²) in [6.07, 6.45) is 3.60. The molecule has 0 spiro atoms. The first-order chi connectivity index (χ1) is 25.6. The second-order valence-electron chi connectivity index (χ2n) is 14.6. The van der Waals surface area contributed by atoms with Gasteiger partial charge in [-0.2, -0.15) is 28.1 Å². The van der Waals surface area contributed by atoms with Gasteiger partial charge in [-0.05, 0) is 80.0 Å². The van der Waals surface area contributed by atoms with E-state index >= 15 is 0 Å². The lowest BCUT2D eigenvalue weighted by atomic mass is 9.93. The monoisotopic (exact) mass is 770 g/mol. The molecule has 1 heterocycles. The number of aromatic nitrogens is 3. The fraction of sp³-hybridized carbons (Fsp3) is 0.474. The van der Waals surface area contributed by atoms with Crippen molar-refractivity contribution in [1.82, 2.24) is 30.9 Å². The molecule has 0 saturated heterocycles. The lowest BCUT2D eigenvalue weighted by molar-refractivity contribution is -0.154. The molecule has 2 fully saturated rings. The number of carbonyl (C=O) groups excluding carboxylic acids is 3. The minimum absolute atomic E-state index is 0.0263. The molecule has 2 aliphatic carbocycles. The summed E-state index contributed by atoms with van der Waals surface area (Å²) in [6, 6.07) is 13.3. The van der Waals surface area contributed by atoms with Gasteiger partial charge in [-0.3, -0.25) is 14.4 Å². The molecule has 1 aromatic heterocycles. The van der Waals surface area contributed by atoms with Crippen LogP contribution in [0, 0.1) is 5.41 Å². The minimum Gasteiger partial charge on any atom is -0.454 e.